The molecular formula is C36H37BO10. The number of rotatable bonds is 16. The number of hydrogen-bond donors (Lipinski definition) is 3. The first-order chi connectivity index (χ1) is 22.6. The van der Waals surface area contributed by atoms with E-state index < -0.39 is 25.3 Å². The van der Waals surface area contributed by atoms with E-state index in [2.05, 4.69) is 6.58 Å². The van der Waals surface area contributed by atoms with Crippen LogP contribution in [0.2, 0.25) is 0 Å². The zero-order valence-corrected chi connectivity index (χ0v) is 26.3. The highest BCUT2D eigenvalue weighted by Gasteiger charge is 2.17. The maximum absolute atomic E-state index is 12.9. The number of aliphatic hydroxyl groups excluding tert-OH is 1. The molecule has 0 aliphatic rings. The van der Waals surface area contributed by atoms with Gasteiger partial charge in [0.25, 0.3) is 0 Å². The standard InChI is InChI=1S/C36H37BO10/c1-4-34(38)44-22-6-5-21-43-30-15-11-28(12-16-30)36(40)47-33-20-19-32(24(2)25(33)3)46-35(39)27-9-7-26(8-10-27)23-45-31-17-13-29(14-18-31)37(41)42/h4,7-20,36,40-42H,1,5-6,21-23H2,2-3H3. The summed E-state index contributed by atoms with van der Waals surface area (Å²) in [5, 5.41) is 29.1. The highest BCUT2D eigenvalue weighted by atomic mass is 16.6. The Bertz CT molecular complexity index is 1630. The smallest absolute Gasteiger partial charge is 0.488 e. The van der Waals surface area contributed by atoms with Crippen molar-refractivity contribution in [3.8, 4) is 23.0 Å². The Kier molecular flexibility index (Phi) is 12.6. The van der Waals surface area contributed by atoms with E-state index in [9.17, 15) is 24.7 Å². The van der Waals surface area contributed by atoms with Gasteiger partial charge in [-0.1, -0.05) is 30.8 Å². The average Bonchev–Trinajstić information content (AvgIpc) is 3.09. The molecule has 1 atom stereocenters. The molecule has 0 aromatic heterocycles. The second kappa shape index (κ2) is 17.0. The van der Waals surface area contributed by atoms with Crippen molar-refractivity contribution < 1.29 is 48.4 Å². The largest absolute Gasteiger partial charge is 0.494 e. The first-order valence-electron chi connectivity index (χ1n) is 15.0. The summed E-state index contributed by atoms with van der Waals surface area (Å²) in [6, 6.07) is 23.5. The SMILES string of the molecule is C=CC(=O)OCCCCOc1ccc(C(O)Oc2ccc(OC(=O)c3ccc(COc4ccc(B(O)O)cc4)cc3)c(C)c2C)cc1. The van der Waals surface area contributed by atoms with Gasteiger partial charge >= 0.3 is 19.1 Å². The number of aliphatic hydroxyl groups is 1. The van der Waals surface area contributed by atoms with E-state index in [1.165, 1.54) is 0 Å². The van der Waals surface area contributed by atoms with Crippen LogP contribution in [0.25, 0.3) is 0 Å². The third-order valence-corrected chi connectivity index (χ3v) is 7.29. The Balaban J connectivity index is 1.26. The molecule has 4 aromatic rings. The van der Waals surface area contributed by atoms with Crippen LogP contribution in [0.1, 0.15) is 51.7 Å². The van der Waals surface area contributed by atoms with Crippen LogP contribution in [0.4, 0.5) is 0 Å². The molecule has 0 aliphatic carbocycles. The lowest BCUT2D eigenvalue weighted by atomic mass is 9.80. The number of carbonyl (C=O) groups excluding carboxylic acids is 2. The second-order valence-corrected chi connectivity index (χ2v) is 10.6. The number of benzene rings is 4. The van der Waals surface area contributed by atoms with Gasteiger partial charge < -0.3 is 38.8 Å². The van der Waals surface area contributed by atoms with Gasteiger partial charge in [0, 0.05) is 11.6 Å². The summed E-state index contributed by atoms with van der Waals surface area (Å²) >= 11 is 0. The van der Waals surface area contributed by atoms with Gasteiger partial charge in [0.2, 0.25) is 6.29 Å². The van der Waals surface area contributed by atoms with E-state index in [-0.39, 0.29) is 6.61 Å². The van der Waals surface area contributed by atoms with Crippen molar-refractivity contribution in [3.05, 3.63) is 125 Å². The Morgan fingerprint density at radius 3 is 2.04 bits per heavy atom. The maximum Gasteiger partial charge on any atom is 0.488 e. The number of unbranched alkanes of at least 4 members (excludes halogenated alkanes) is 1. The normalized spacial score (nSPS) is 11.3. The molecule has 4 rings (SSSR count). The van der Waals surface area contributed by atoms with Crippen molar-refractivity contribution in [1.29, 1.82) is 0 Å². The lowest BCUT2D eigenvalue weighted by Crippen LogP contribution is -2.29. The van der Waals surface area contributed by atoms with Crippen LogP contribution in [0.3, 0.4) is 0 Å². The maximum atomic E-state index is 12.9. The predicted molar refractivity (Wildman–Crippen MR) is 176 cm³/mol. The Morgan fingerprint density at radius 1 is 0.787 bits per heavy atom. The van der Waals surface area contributed by atoms with Gasteiger partial charge in [-0.25, -0.2) is 9.59 Å². The lowest BCUT2D eigenvalue weighted by Gasteiger charge is -2.18. The molecule has 10 nitrogen and oxygen atoms in total. The van der Waals surface area contributed by atoms with Gasteiger partial charge in [0.15, 0.2) is 0 Å². The molecule has 0 spiro atoms. The van der Waals surface area contributed by atoms with Crippen molar-refractivity contribution in [2.45, 2.75) is 39.6 Å². The fraction of sp³-hybridized carbons (Fsp3) is 0.222. The minimum atomic E-state index is -1.54. The first-order valence-corrected chi connectivity index (χ1v) is 15.0. The summed E-state index contributed by atoms with van der Waals surface area (Å²) in [5.74, 6) is 1.06. The quantitative estimate of drug-likeness (QED) is 0.0393. The highest BCUT2D eigenvalue weighted by molar-refractivity contribution is 6.58. The molecule has 0 heterocycles. The molecule has 11 heteroatoms. The first kappa shape index (κ1) is 34.8. The summed E-state index contributed by atoms with van der Waals surface area (Å²) in [4.78, 5) is 23.9. The number of carbonyl (C=O) groups is 2. The Hall–Kier alpha value is -5.10. The lowest BCUT2D eigenvalue weighted by molar-refractivity contribution is -0.137. The van der Waals surface area contributed by atoms with Gasteiger partial charge in [-0.3, -0.25) is 0 Å². The van der Waals surface area contributed by atoms with Crippen LogP contribution in [0.15, 0.2) is 97.6 Å². The summed E-state index contributed by atoms with van der Waals surface area (Å²) in [6.07, 6.45) is 1.28. The molecule has 0 bridgehead atoms. The van der Waals surface area contributed by atoms with E-state index in [1.54, 1.807) is 91.9 Å². The summed E-state index contributed by atoms with van der Waals surface area (Å²) in [6.45, 7) is 8.00. The van der Waals surface area contributed by atoms with Gasteiger partial charge in [-0.2, -0.15) is 0 Å². The molecule has 0 fully saturated rings. The number of hydrogen-bond acceptors (Lipinski definition) is 10. The minimum absolute atomic E-state index is 0.262. The molecule has 1 unspecified atom stereocenters. The van der Waals surface area contributed by atoms with Gasteiger partial charge in [0.1, 0.15) is 29.6 Å². The fourth-order valence-corrected chi connectivity index (χ4v) is 4.35. The summed E-state index contributed by atoms with van der Waals surface area (Å²) < 4.78 is 27.9. The molecule has 3 N–H and O–H groups in total. The molecule has 0 radical (unpaired) electrons. The second-order valence-electron chi connectivity index (χ2n) is 10.6. The highest BCUT2D eigenvalue weighted by Crippen LogP contribution is 2.32. The molecule has 0 saturated heterocycles. The molecular weight excluding hydrogens is 603 g/mol. The zero-order valence-electron chi connectivity index (χ0n) is 26.3. The average molecular weight is 640 g/mol. The third kappa shape index (κ3) is 10.2. The zero-order chi connectivity index (χ0) is 33.8. The molecule has 0 amide bonds. The number of ether oxygens (including phenoxy) is 5. The van der Waals surface area contributed by atoms with Crippen molar-refractivity contribution in [2.24, 2.45) is 0 Å². The molecule has 47 heavy (non-hydrogen) atoms. The molecule has 0 aliphatic heterocycles. The molecule has 0 saturated carbocycles. The fourth-order valence-electron chi connectivity index (χ4n) is 4.35. The van der Waals surface area contributed by atoms with Crippen LogP contribution in [-0.4, -0.2) is 47.4 Å². The molecule has 244 valence electrons. The third-order valence-electron chi connectivity index (χ3n) is 7.29. The van der Waals surface area contributed by atoms with Gasteiger partial charge in [-0.05, 0) is 110 Å². The van der Waals surface area contributed by atoms with E-state index >= 15 is 0 Å². The van der Waals surface area contributed by atoms with Crippen molar-refractivity contribution in [2.75, 3.05) is 13.2 Å². The summed E-state index contributed by atoms with van der Waals surface area (Å²) in [5.41, 5.74) is 3.51. The number of esters is 2. The molecule has 4 aromatic carbocycles. The van der Waals surface area contributed by atoms with Gasteiger partial charge in [-0.15, -0.1) is 0 Å². The predicted octanol–water partition coefficient (Wildman–Crippen LogP) is 4.74. The van der Waals surface area contributed by atoms with Crippen LogP contribution >= 0.6 is 0 Å². The van der Waals surface area contributed by atoms with E-state index in [1.807, 2.05) is 6.92 Å². The van der Waals surface area contributed by atoms with Crippen molar-refractivity contribution in [1.82, 2.24) is 0 Å². The minimum Gasteiger partial charge on any atom is -0.494 e. The van der Waals surface area contributed by atoms with E-state index in [0.717, 1.165) is 11.6 Å². The van der Waals surface area contributed by atoms with Crippen LogP contribution in [0.5, 0.6) is 23.0 Å². The van der Waals surface area contributed by atoms with Crippen LogP contribution < -0.4 is 24.4 Å². The van der Waals surface area contributed by atoms with Crippen LogP contribution in [-0.2, 0) is 16.1 Å². The summed E-state index contributed by atoms with van der Waals surface area (Å²) in [7, 11) is -1.54. The van der Waals surface area contributed by atoms with E-state index in [4.69, 9.17) is 23.7 Å². The monoisotopic (exact) mass is 640 g/mol. The van der Waals surface area contributed by atoms with Crippen molar-refractivity contribution >= 4 is 24.5 Å². The van der Waals surface area contributed by atoms with Gasteiger partial charge in [0.05, 0.1) is 18.8 Å². The Morgan fingerprint density at radius 2 is 1.38 bits per heavy atom. The van der Waals surface area contributed by atoms with E-state index in [0.29, 0.717) is 76.8 Å². The van der Waals surface area contributed by atoms with Crippen molar-refractivity contribution in [3.63, 3.8) is 0 Å². The Labute approximate surface area is 273 Å². The topological polar surface area (TPSA) is 141 Å². The van der Waals surface area contributed by atoms with Crippen LogP contribution in [0, 0.1) is 13.8 Å².